The lowest BCUT2D eigenvalue weighted by molar-refractivity contribution is 0.782. The molecule has 4 rings (SSSR count). The van der Waals surface area contributed by atoms with Crippen LogP contribution < -0.4 is 21.5 Å². The molecule has 0 unspecified atom stereocenters. The number of pyridine rings is 1. The van der Waals surface area contributed by atoms with Gasteiger partial charge in [0.1, 0.15) is 11.2 Å². The highest BCUT2D eigenvalue weighted by atomic mass is 16.1. The van der Waals surface area contributed by atoms with E-state index >= 15 is 0 Å². The highest BCUT2D eigenvalue weighted by molar-refractivity contribution is 5.90. The summed E-state index contributed by atoms with van der Waals surface area (Å²) in [6.45, 7) is 3.90. The molecule has 3 aromatic rings. The number of anilines is 3. The molecule has 7 heteroatoms. The molecule has 3 heterocycles. The zero-order valence-corrected chi connectivity index (χ0v) is 14.0. The smallest absolute Gasteiger partial charge is 0.261 e. The van der Waals surface area contributed by atoms with Gasteiger partial charge in [0.15, 0.2) is 0 Å². The van der Waals surface area contributed by atoms with E-state index in [4.69, 9.17) is 0 Å². The largest absolute Gasteiger partial charge is 0.350 e. The fourth-order valence-corrected chi connectivity index (χ4v) is 3.07. The van der Waals surface area contributed by atoms with Crippen LogP contribution in [-0.2, 0) is 0 Å². The average Bonchev–Trinajstić information content (AvgIpc) is 3.08. The first-order valence-electron chi connectivity index (χ1n) is 8.39. The molecule has 0 saturated carbocycles. The standard InChI is InChI=1S/C18H20N6O/c1-11-3-2-4-12(9-11)21-16-15-14(6-8-20-17(15)25)23-18(24-16)22-13-5-7-19-10-13/h2-4,6,8-9,13,19H,5,7,10H2,1H3,(H,20,25)(H2,21,22,23,24)/t13-/m0/s1. The van der Waals surface area contributed by atoms with Gasteiger partial charge < -0.3 is 20.9 Å². The fourth-order valence-electron chi connectivity index (χ4n) is 3.07. The molecule has 0 radical (unpaired) electrons. The molecule has 7 nitrogen and oxygen atoms in total. The summed E-state index contributed by atoms with van der Waals surface area (Å²) in [7, 11) is 0. The van der Waals surface area contributed by atoms with E-state index in [2.05, 4.69) is 30.9 Å². The minimum Gasteiger partial charge on any atom is -0.350 e. The van der Waals surface area contributed by atoms with Gasteiger partial charge in [0.2, 0.25) is 5.95 Å². The number of aromatic amines is 1. The topological polar surface area (TPSA) is 94.7 Å². The van der Waals surface area contributed by atoms with Gasteiger partial charge in [0.25, 0.3) is 5.56 Å². The summed E-state index contributed by atoms with van der Waals surface area (Å²) in [6, 6.07) is 10.0. The second-order valence-electron chi connectivity index (χ2n) is 6.29. The summed E-state index contributed by atoms with van der Waals surface area (Å²) in [5.74, 6) is 1.04. The Balaban J connectivity index is 1.77. The molecule has 0 aliphatic carbocycles. The fraction of sp³-hybridized carbons (Fsp3) is 0.278. The molecule has 0 amide bonds. The molecule has 1 atom stereocenters. The third-order valence-corrected chi connectivity index (χ3v) is 4.29. The van der Waals surface area contributed by atoms with Gasteiger partial charge in [-0.3, -0.25) is 4.79 Å². The van der Waals surface area contributed by atoms with Gasteiger partial charge >= 0.3 is 0 Å². The van der Waals surface area contributed by atoms with Gasteiger partial charge in [-0.15, -0.1) is 0 Å². The highest BCUT2D eigenvalue weighted by Gasteiger charge is 2.17. The molecule has 1 aromatic carbocycles. The Bertz CT molecular complexity index is 961. The van der Waals surface area contributed by atoms with Gasteiger partial charge in [-0.05, 0) is 43.7 Å². The second-order valence-corrected chi connectivity index (χ2v) is 6.29. The lowest BCUT2D eigenvalue weighted by Gasteiger charge is -2.14. The zero-order chi connectivity index (χ0) is 17.2. The SMILES string of the molecule is Cc1cccc(Nc2nc(N[C@H]3CCNC3)nc3cc[nH]c(=O)c23)c1. The number of benzene rings is 1. The average molecular weight is 336 g/mol. The Morgan fingerprint density at radius 1 is 1.24 bits per heavy atom. The molecule has 0 spiro atoms. The Kier molecular flexibility index (Phi) is 4.07. The van der Waals surface area contributed by atoms with Crippen molar-refractivity contribution in [1.29, 1.82) is 0 Å². The number of aromatic nitrogens is 3. The van der Waals surface area contributed by atoms with Crippen molar-refractivity contribution in [3.8, 4) is 0 Å². The predicted molar refractivity (Wildman–Crippen MR) is 99.5 cm³/mol. The number of rotatable bonds is 4. The second kappa shape index (κ2) is 6.52. The van der Waals surface area contributed by atoms with E-state index in [-0.39, 0.29) is 5.56 Å². The Hall–Kier alpha value is -2.93. The number of aryl methyl sites for hydroxylation is 1. The van der Waals surface area contributed by atoms with Crippen LogP contribution in [0, 0.1) is 6.92 Å². The number of hydrogen-bond donors (Lipinski definition) is 4. The Labute approximate surface area is 144 Å². The first-order valence-corrected chi connectivity index (χ1v) is 8.39. The molecule has 1 aliphatic rings. The van der Waals surface area contributed by atoms with Crippen LogP contribution in [0.4, 0.5) is 17.5 Å². The maximum absolute atomic E-state index is 12.3. The highest BCUT2D eigenvalue weighted by Crippen LogP contribution is 2.23. The van der Waals surface area contributed by atoms with E-state index in [1.807, 2.05) is 31.2 Å². The molecule has 4 N–H and O–H groups in total. The number of fused-ring (bicyclic) bond motifs is 1. The van der Waals surface area contributed by atoms with E-state index in [9.17, 15) is 4.79 Å². The summed E-state index contributed by atoms with van der Waals surface area (Å²) < 4.78 is 0. The zero-order valence-electron chi connectivity index (χ0n) is 14.0. The van der Waals surface area contributed by atoms with E-state index in [1.54, 1.807) is 12.3 Å². The van der Waals surface area contributed by atoms with Crippen LogP contribution in [-0.4, -0.2) is 34.1 Å². The molecule has 0 bridgehead atoms. The van der Waals surface area contributed by atoms with E-state index in [0.717, 1.165) is 30.8 Å². The summed E-state index contributed by atoms with van der Waals surface area (Å²) in [4.78, 5) is 24.1. The minimum atomic E-state index is -0.207. The van der Waals surface area contributed by atoms with Crippen LogP contribution in [0.3, 0.4) is 0 Å². The number of H-pyrrole nitrogens is 1. The van der Waals surface area contributed by atoms with Crippen molar-refractivity contribution in [3.63, 3.8) is 0 Å². The summed E-state index contributed by atoms with van der Waals surface area (Å²) in [6.07, 6.45) is 2.63. The monoisotopic (exact) mass is 336 g/mol. The Morgan fingerprint density at radius 2 is 2.16 bits per heavy atom. The quantitative estimate of drug-likeness (QED) is 0.583. The number of nitrogens with zero attached hydrogens (tertiary/aromatic N) is 2. The van der Waals surface area contributed by atoms with Gasteiger partial charge in [0, 0.05) is 24.5 Å². The first kappa shape index (κ1) is 15.6. The predicted octanol–water partition coefficient (Wildman–Crippen LogP) is 2.14. The van der Waals surface area contributed by atoms with Gasteiger partial charge in [-0.25, -0.2) is 4.98 Å². The summed E-state index contributed by atoms with van der Waals surface area (Å²) in [5, 5.41) is 10.4. The molecule has 2 aromatic heterocycles. The lowest BCUT2D eigenvalue weighted by Crippen LogP contribution is -2.24. The maximum Gasteiger partial charge on any atom is 0.261 e. The minimum absolute atomic E-state index is 0.207. The van der Waals surface area contributed by atoms with Gasteiger partial charge in [-0.2, -0.15) is 4.98 Å². The molecule has 128 valence electrons. The molecule has 1 fully saturated rings. The van der Waals surface area contributed by atoms with Crippen molar-refractivity contribution in [2.75, 3.05) is 23.7 Å². The van der Waals surface area contributed by atoms with Crippen molar-refractivity contribution >= 4 is 28.4 Å². The van der Waals surface area contributed by atoms with Crippen LogP contribution >= 0.6 is 0 Å². The normalized spacial score (nSPS) is 16.9. The maximum atomic E-state index is 12.3. The number of nitrogens with one attached hydrogen (secondary N) is 4. The van der Waals surface area contributed by atoms with Crippen molar-refractivity contribution in [1.82, 2.24) is 20.3 Å². The van der Waals surface area contributed by atoms with Gasteiger partial charge in [0.05, 0.1) is 5.52 Å². The van der Waals surface area contributed by atoms with Crippen molar-refractivity contribution in [3.05, 3.63) is 52.4 Å². The van der Waals surface area contributed by atoms with E-state index in [1.165, 1.54) is 0 Å². The van der Waals surface area contributed by atoms with E-state index in [0.29, 0.717) is 28.7 Å². The van der Waals surface area contributed by atoms with Crippen molar-refractivity contribution < 1.29 is 0 Å². The molecule has 1 aliphatic heterocycles. The molecular weight excluding hydrogens is 316 g/mol. The molecule has 25 heavy (non-hydrogen) atoms. The lowest BCUT2D eigenvalue weighted by atomic mass is 10.2. The third kappa shape index (κ3) is 3.32. The Morgan fingerprint density at radius 3 is 2.96 bits per heavy atom. The first-order chi connectivity index (χ1) is 12.2. The third-order valence-electron chi connectivity index (χ3n) is 4.29. The van der Waals surface area contributed by atoms with Crippen LogP contribution in [0.25, 0.3) is 10.9 Å². The number of hydrogen-bond acceptors (Lipinski definition) is 6. The van der Waals surface area contributed by atoms with Gasteiger partial charge in [-0.1, -0.05) is 12.1 Å². The summed E-state index contributed by atoms with van der Waals surface area (Å²) in [5.41, 5.74) is 2.42. The van der Waals surface area contributed by atoms with Crippen LogP contribution in [0.5, 0.6) is 0 Å². The van der Waals surface area contributed by atoms with E-state index < -0.39 is 0 Å². The van der Waals surface area contributed by atoms with Crippen molar-refractivity contribution in [2.45, 2.75) is 19.4 Å². The molecular formula is C18H20N6O. The summed E-state index contributed by atoms with van der Waals surface area (Å²) >= 11 is 0. The van der Waals surface area contributed by atoms with Crippen LogP contribution in [0.1, 0.15) is 12.0 Å². The van der Waals surface area contributed by atoms with Crippen molar-refractivity contribution in [2.24, 2.45) is 0 Å². The molecule has 1 saturated heterocycles. The van der Waals surface area contributed by atoms with Crippen LogP contribution in [0.15, 0.2) is 41.3 Å². The van der Waals surface area contributed by atoms with Crippen LogP contribution in [0.2, 0.25) is 0 Å².